The molecule has 21 heavy (non-hydrogen) atoms. The van der Waals surface area contributed by atoms with Crippen LogP contribution in [0.1, 0.15) is 10.4 Å². The van der Waals surface area contributed by atoms with Crippen molar-refractivity contribution < 1.29 is 21.6 Å². The van der Waals surface area contributed by atoms with Crippen molar-refractivity contribution in [2.75, 3.05) is 4.72 Å². The Morgan fingerprint density at radius 3 is 2.48 bits per heavy atom. The topological polar surface area (TPSA) is 72.2 Å². The minimum absolute atomic E-state index is 0.107. The summed E-state index contributed by atoms with van der Waals surface area (Å²) in [7, 11) is -4.08. The van der Waals surface area contributed by atoms with E-state index in [-0.39, 0.29) is 11.4 Å². The van der Waals surface area contributed by atoms with Crippen LogP contribution in [0.15, 0.2) is 40.6 Å². The highest BCUT2D eigenvalue weighted by molar-refractivity contribution is 7.92. The summed E-state index contributed by atoms with van der Waals surface area (Å²) in [6.45, 7) is 0.166. The Hall–Kier alpha value is -1.58. The van der Waals surface area contributed by atoms with Gasteiger partial charge in [-0.1, -0.05) is 12.1 Å². The highest BCUT2D eigenvalue weighted by atomic mass is 32.2. The zero-order chi connectivity index (χ0) is 15.7. The van der Waals surface area contributed by atoms with Crippen LogP contribution >= 0.6 is 11.3 Å². The normalized spacial score (nSPS) is 12.4. The summed E-state index contributed by atoms with van der Waals surface area (Å²) >= 11 is 1.13. The largest absolute Gasteiger partial charge is 0.418 e. The Balaban J connectivity index is 2.38. The van der Waals surface area contributed by atoms with Gasteiger partial charge in [-0.2, -0.15) is 13.2 Å². The van der Waals surface area contributed by atoms with Crippen LogP contribution in [-0.2, 0) is 22.7 Å². The van der Waals surface area contributed by atoms with Crippen LogP contribution in [0, 0.1) is 0 Å². The Bertz CT molecular complexity index is 739. The highest BCUT2D eigenvalue weighted by Crippen LogP contribution is 2.35. The van der Waals surface area contributed by atoms with Gasteiger partial charge in [0.2, 0.25) is 0 Å². The van der Waals surface area contributed by atoms with Crippen LogP contribution in [-0.4, -0.2) is 8.42 Å². The fourth-order valence-corrected chi connectivity index (χ4v) is 3.87. The third-order valence-corrected chi connectivity index (χ3v) is 5.07. The maximum absolute atomic E-state index is 12.8. The third kappa shape index (κ3) is 3.55. The van der Waals surface area contributed by atoms with E-state index in [1.54, 1.807) is 0 Å². The zero-order valence-electron chi connectivity index (χ0n) is 10.5. The van der Waals surface area contributed by atoms with Crippen molar-refractivity contribution in [3.63, 3.8) is 0 Å². The fraction of sp³-hybridized carbons (Fsp3) is 0.167. The van der Waals surface area contributed by atoms with Crippen molar-refractivity contribution in [3.8, 4) is 0 Å². The summed E-state index contributed by atoms with van der Waals surface area (Å²) in [6, 6.07) is 5.74. The Labute approximate surface area is 123 Å². The van der Waals surface area contributed by atoms with Crippen LogP contribution in [0.25, 0.3) is 0 Å². The van der Waals surface area contributed by atoms with E-state index in [9.17, 15) is 21.6 Å². The summed E-state index contributed by atoms with van der Waals surface area (Å²) in [6.07, 6.45) is -4.64. The number of rotatable bonds is 4. The monoisotopic (exact) mass is 336 g/mol. The summed E-state index contributed by atoms with van der Waals surface area (Å²) in [4.78, 5) is 0.518. The second kappa shape index (κ2) is 5.66. The Morgan fingerprint density at radius 1 is 1.24 bits per heavy atom. The molecule has 2 aromatic rings. The number of hydrogen-bond acceptors (Lipinski definition) is 4. The number of sulfonamides is 1. The Kier molecular flexibility index (Phi) is 4.26. The Morgan fingerprint density at radius 2 is 1.90 bits per heavy atom. The molecule has 0 aliphatic carbocycles. The van der Waals surface area contributed by atoms with Gasteiger partial charge in [0.05, 0.1) is 16.1 Å². The first-order valence-electron chi connectivity index (χ1n) is 5.70. The molecule has 0 aliphatic heterocycles. The summed E-state index contributed by atoms with van der Waals surface area (Å²) in [5.74, 6) is 0. The van der Waals surface area contributed by atoms with Crippen LogP contribution in [0.4, 0.5) is 18.9 Å². The first-order valence-corrected chi connectivity index (χ1v) is 8.07. The van der Waals surface area contributed by atoms with Crippen LogP contribution in [0.5, 0.6) is 0 Å². The van der Waals surface area contributed by atoms with E-state index >= 15 is 0 Å². The first-order chi connectivity index (χ1) is 9.74. The number of hydrogen-bond donors (Lipinski definition) is 2. The number of nitrogens with one attached hydrogen (secondary N) is 1. The SMILES string of the molecule is NCc1cc(S(=O)(=O)Nc2ccccc2C(F)(F)F)cs1. The van der Waals surface area contributed by atoms with Gasteiger partial charge in [0.1, 0.15) is 0 Å². The molecule has 3 N–H and O–H groups in total. The van der Waals surface area contributed by atoms with Gasteiger partial charge in [0.15, 0.2) is 0 Å². The molecule has 1 aromatic heterocycles. The predicted octanol–water partition coefficient (Wildman–Crippen LogP) is 3.03. The molecule has 114 valence electrons. The molecule has 0 aliphatic rings. The van der Waals surface area contributed by atoms with Crippen LogP contribution in [0.2, 0.25) is 0 Å². The molecule has 1 heterocycles. The van der Waals surface area contributed by atoms with Crippen molar-refractivity contribution in [2.24, 2.45) is 5.73 Å². The third-order valence-electron chi connectivity index (χ3n) is 2.62. The van der Waals surface area contributed by atoms with Gasteiger partial charge in [0.25, 0.3) is 10.0 Å². The zero-order valence-corrected chi connectivity index (χ0v) is 12.1. The molecule has 0 unspecified atom stereocenters. The van der Waals surface area contributed by atoms with Crippen LogP contribution < -0.4 is 10.5 Å². The molecule has 0 spiro atoms. The standard InChI is InChI=1S/C12H11F3N2O2S2/c13-12(14,15)10-3-1-2-4-11(10)17-21(18,19)9-5-8(6-16)20-7-9/h1-5,7,17H,6,16H2. The number of para-hydroxylation sites is 1. The average molecular weight is 336 g/mol. The van der Waals surface area contributed by atoms with E-state index in [1.165, 1.54) is 23.6 Å². The molecular formula is C12H11F3N2O2S2. The minimum atomic E-state index is -4.64. The number of alkyl halides is 3. The lowest BCUT2D eigenvalue weighted by Gasteiger charge is -2.14. The van der Waals surface area contributed by atoms with Crippen molar-refractivity contribution in [3.05, 3.63) is 46.2 Å². The lowest BCUT2D eigenvalue weighted by molar-refractivity contribution is -0.136. The maximum Gasteiger partial charge on any atom is 0.418 e. The van der Waals surface area contributed by atoms with Gasteiger partial charge >= 0.3 is 6.18 Å². The van der Waals surface area contributed by atoms with Gasteiger partial charge in [-0.15, -0.1) is 11.3 Å². The summed E-state index contributed by atoms with van der Waals surface area (Å²) < 4.78 is 64.7. The van der Waals surface area contributed by atoms with Crippen molar-refractivity contribution in [2.45, 2.75) is 17.6 Å². The minimum Gasteiger partial charge on any atom is -0.326 e. The first kappa shape index (κ1) is 15.8. The lowest BCUT2D eigenvalue weighted by atomic mass is 10.2. The molecule has 0 saturated heterocycles. The van der Waals surface area contributed by atoms with Crippen molar-refractivity contribution in [1.29, 1.82) is 0 Å². The predicted molar refractivity (Wildman–Crippen MR) is 74.5 cm³/mol. The molecule has 0 amide bonds. The van der Waals surface area contributed by atoms with Gasteiger partial charge in [-0.25, -0.2) is 8.42 Å². The van der Waals surface area contributed by atoms with Crippen LogP contribution in [0.3, 0.4) is 0 Å². The molecule has 2 rings (SSSR count). The fourth-order valence-electron chi connectivity index (χ4n) is 1.63. The quantitative estimate of drug-likeness (QED) is 0.901. The van der Waals surface area contributed by atoms with E-state index in [4.69, 9.17) is 5.73 Å². The molecule has 9 heteroatoms. The van der Waals surface area contributed by atoms with Gasteiger partial charge in [-0.3, -0.25) is 4.72 Å². The molecule has 0 fully saturated rings. The molecule has 0 radical (unpaired) electrons. The second-order valence-electron chi connectivity index (χ2n) is 4.10. The highest BCUT2D eigenvalue weighted by Gasteiger charge is 2.34. The summed E-state index contributed by atoms with van der Waals surface area (Å²) in [5.41, 5.74) is 3.84. The molecule has 4 nitrogen and oxygen atoms in total. The van der Waals surface area contributed by atoms with E-state index in [0.717, 1.165) is 23.5 Å². The lowest BCUT2D eigenvalue weighted by Crippen LogP contribution is -2.16. The van der Waals surface area contributed by atoms with Gasteiger partial charge < -0.3 is 5.73 Å². The second-order valence-corrected chi connectivity index (χ2v) is 6.78. The molecular weight excluding hydrogens is 325 g/mol. The maximum atomic E-state index is 12.8. The van der Waals surface area contributed by atoms with Crippen molar-refractivity contribution >= 4 is 27.0 Å². The van der Waals surface area contributed by atoms with E-state index in [0.29, 0.717) is 4.88 Å². The molecule has 0 saturated carbocycles. The number of halogens is 3. The van der Waals surface area contributed by atoms with E-state index < -0.39 is 27.5 Å². The number of benzene rings is 1. The number of nitrogens with two attached hydrogens (primary N) is 1. The summed E-state index contributed by atoms with van der Waals surface area (Å²) in [5, 5.41) is 1.33. The average Bonchev–Trinajstić information content (AvgIpc) is 2.87. The molecule has 0 atom stereocenters. The smallest absolute Gasteiger partial charge is 0.326 e. The number of anilines is 1. The van der Waals surface area contributed by atoms with E-state index in [2.05, 4.69) is 0 Å². The van der Waals surface area contributed by atoms with Crippen molar-refractivity contribution in [1.82, 2.24) is 0 Å². The molecule has 1 aromatic carbocycles. The van der Waals surface area contributed by atoms with E-state index in [1.807, 2.05) is 4.72 Å². The van der Waals surface area contributed by atoms with Gasteiger partial charge in [0, 0.05) is 16.8 Å². The van der Waals surface area contributed by atoms with Gasteiger partial charge in [-0.05, 0) is 18.2 Å². The number of thiophene rings is 1. The molecule has 0 bridgehead atoms.